The maximum atomic E-state index is 13.2. The summed E-state index contributed by atoms with van der Waals surface area (Å²) in [7, 11) is 0. The first-order valence-corrected chi connectivity index (χ1v) is 7.03. The first kappa shape index (κ1) is 15.3. The molecule has 1 atom stereocenters. The van der Waals surface area contributed by atoms with E-state index in [1.807, 2.05) is 20.8 Å². The third-order valence-electron chi connectivity index (χ3n) is 3.31. The molecule has 0 bridgehead atoms. The molecule has 1 saturated heterocycles. The second kappa shape index (κ2) is 5.70. The van der Waals surface area contributed by atoms with Gasteiger partial charge in [0.25, 0.3) is 0 Å². The van der Waals surface area contributed by atoms with Crippen molar-refractivity contribution in [3.8, 4) is 0 Å². The molecule has 5 heteroatoms. The Morgan fingerprint density at radius 2 is 2.15 bits per heavy atom. The van der Waals surface area contributed by atoms with Crippen molar-refractivity contribution in [3.05, 3.63) is 34.6 Å². The monoisotopic (exact) mass is 299 g/mol. The average Bonchev–Trinajstić information content (AvgIpc) is 2.40. The molecule has 0 saturated carbocycles. The van der Waals surface area contributed by atoms with Crippen molar-refractivity contribution in [2.45, 2.75) is 26.9 Å². The zero-order chi connectivity index (χ0) is 14.9. The molecule has 1 amide bonds. The third-order valence-corrected chi connectivity index (χ3v) is 3.60. The second-order valence-electron chi connectivity index (χ2n) is 6.03. The highest BCUT2D eigenvalue weighted by Gasteiger charge is 2.32. The predicted octanol–water partition coefficient (Wildman–Crippen LogP) is 3.43. The Labute approximate surface area is 123 Å². The van der Waals surface area contributed by atoms with Crippen LogP contribution in [0, 0.1) is 11.2 Å². The minimum atomic E-state index is -0.450. The Morgan fingerprint density at radius 3 is 2.75 bits per heavy atom. The van der Waals surface area contributed by atoms with Gasteiger partial charge in [0, 0.05) is 12.0 Å². The van der Waals surface area contributed by atoms with Crippen LogP contribution >= 0.6 is 11.6 Å². The lowest BCUT2D eigenvalue weighted by Gasteiger charge is -2.36. The number of carbonyl (C=O) groups is 1. The number of ether oxygens (including phenoxy) is 1. The van der Waals surface area contributed by atoms with E-state index in [0.717, 1.165) is 5.56 Å². The number of halogens is 2. The second-order valence-corrected chi connectivity index (χ2v) is 6.44. The van der Waals surface area contributed by atoms with Crippen LogP contribution in [0.5, 0.6) is 0 Å². The highest BCUT2D eigenvalue weighted by molar-refractivity contribution is 6.30. The van der Waals surface area contributed by atoms with Crippen LogP contribution in [0.1, 0.15) is 32.4 Å². The molecule has 1 aromatic carbocycles. The highest BCUT2D eigenvalue weighted by atomic mass is 35.5. The molecule has 1 aliphatic rings. The minimum Gasteiger partial charge on any atom is -0.370 e. The predicted molar refractivity (Wildman–Crippen MR) is 76.1 cm³/mol. The fraction of sp³-hybridized carbons (Fsp3) is 0.533. The van der Waals surface area contributed by atoms with E-state index in [4.69, 9.17) is 16.3 Å². The summed E-state index contributed by atoms with van der Waals surface area (Å²) in [6.07, 6.45) is -0.256. The van der Waals surface area contributed by atoms with Crippen molar-refractivity contribution < 1.29 is 13.9 Å². The average molecular weight is 300 g/mol. The molecule has 0 N–H and O–H groups in total. The van der Waals surface area contributed by atoms with E-state index in [9.17, 15) is 9.18 Å². The number of morpholine rings is 1. The van der Waals surface area contributed by atoms with Crippen LogP contribution in [0.25, 0.3) is 0 Å². The molecule has 2 rings (SSSR count). The molecule has 0 spiro atoms. The molecule has 1 aromatic rings. The van der Waals surface area contributed by atoms with Gasteiger partial charge in [-0.1, -0.05) is 38.4 Å². The van der Waals surface area contributed by atoms with Crippen molar-refractivity contribution in [3.63, 3.8) is 0 Å². The quantitative estimate of drug-likeness (QED) is 0.795. The maximum Gasteiger partial charge on any atom is 0.228 e. The van der Waals surface area contributed by atoms with E-state index in [1.54, 1.807) is 17.0 Å². The van der Waals surface area contributed by atoms with Crippen molar-refractivity contribution in [1.82, 2.24) is 4.90 Å². The zero-order valence-corrected chi connectivity index (χ0v) is 12.7. The topological polar surface area (TPSA) is 29.5 Å². The molecule has 1 aliphatic heterocycles. The smallest absolute Gasteiger partial charge is 0.228 e. The number of hydrogen-bond donors (Lipinski definition) is 0. The third kappa shape index (κ3) is 3.30. The number of rotatable bonds is 1. The summed E-state index contributed by atoms with van der Waals surface area (Å²) in [4.78, 5) is 14.1. The van der Waals surface area contributed by atoms with Crippen LogP contribution < -0.4 is 0 Å². The van der Waals surface area contributed by atoms with Gasteiger partial charge < -0.3 is 9.64 Å². The largest absolute Gasteiger partial charge is 0.370 e. The lowest BCUT2D eigenvalue weighted by molar-refractivity contribution is -0.147. The van der Waals surface area contributed by atoms with E-state index < -0.39 is 11.2 Å². The Bertz CT molecular complexity index is 513. The SMILES string of the molecule is CC(C)(C)C(=O)N1CCO[C@@H](c2ccc(F)c(Cl)c2)C1. The summed E-state index contributed by atoms with van der Waals surface area (Å²) in [5.41, 5.74) is 0.380. The van der Waals surface area contributed by atoms with E-state index in [-0.39, 0.29) is 17.0 Å². The summed E-state index contributed by atoms with van der Waals surface area (Å²) in [6.45, 7) is 7.22. The van der Waals surface area contributed by atoms with Gasteiger partial charge in [-0.2, -0.15) is 0 Å². The van der Waals surface area contributed by atoms with Crippen molar-refractivity contribution in [2.24, 2.45) is 5.41 Å². The van der Waals surface area contributed by atoms with Gasteiger partial charge in [0.1, 0.15) is 11.9 Å². The lowest BCUT2D eigenvalue weighted by atomic mass is 9.94. The number of nitrogens with zero attached hydrogens (tertiary/aromatic N) is 1. The summed E-state index contributed by atoms with van der Waals surface area (Å²) in [5, 5.41) is 0.0744. The minimum absolute atomic E-state index is 0.0744. The van der Waals surface area contributed by atoms with Crippen LogP contribution in [0.15, 0.2) is 18.2 Å². The van der Waals surface area contributed by atoms with Crippen LogP contribution in [0.2, 0.25) is 5.02 Å². The summed E-state index contributed by atoms with van der Waals surface area (Å²) >= 11 is 5.79. The van der Waals surface area contributed by atoms with Crippen LogP contribution in [-0.2, 0) is 9.53 Å². The van der Waals surface area contributed by atoms with E-state index >= 15 is 0 Å². The van der Waals surface area contributed by atoms with E-state index in [1.165, 1.54) is 6.07 Å². The Hall–Kier alpha value is -1.13. The molecular weight excluding hydrogens is 281 g/mol. The van der Waals surface area contributed by atoms with Crippen molar-refractivity contribution >= 4 is 17.5 Å². The molecule has 1 fully saturated rings. The first-order valence-electron chi connectivity index (χ1n) is 6.65. The lowest BCUT2D eigenvalue weighted by Crippen LogP contribution is -2.46. The number of carbonyl (C=O) groups excluding carboxylic acids is 1. The standard InChI is InChI=1S/C15H19ClFNO2/c1-15(2,3)14(19)18-6-7-20-13(9-18)10-4-5-12(17)11(16)8-10/h4-5,8,13H,6-7,9H2,1-3H3/t13-/m1/s1. The van der Waals surface area contributed by atoms with Crippen molar-refractivity contribution in [2.75, 3.05) is 19.7 Å². The van der Waals surface area contributed by atoms with Crippen LogP contribution in [-0.4, -0.2) is 30.5 Å². The molecule has 0 aromatic heterocycles. The fourth-order valence-corrected chi connectivity index (χ4v) is 2.41. The van der Waals surface area contributed by atoms with Crippen LogP contribution in [0.3, 0.4) is 0 Å². The van der Waals surface area contributed by atoms with Gasteiger partial charge in [0.2, 0.25) is 5.91 Å². The summed E-state index contributed by atoms with van der Waals surface area (Å²) < 4.78 is 18.9. The van der Waals surface area contributed by atoms with Crippen LogP contribution in [0.4, 0.5) is 4.39 Å². The normalized spacial score (nSPS) is 20.1. The zero-order valence-electron chi connectivity index (χ0n) is 12.0. The van der Waals surface area contributed by atoms with Gasteiger partial charge in [0.05, 0.1) is 18.2 Å². The molecule has 110 valence electrons. The van der Waals surface area contributed by atoms with Gasteiger partial charge in [-0.05, 0) is 17.7 Å². The molecule has 0 aliphatic carbocycles. The number of hydrogen-bond acceptors (Lipinski definition) is 2. The molecule has 1 heterocycles. The molecule has 20 heavy (non-hydrogen) atoms. The molecular formula is C15H19ClFNO2. The molecule has 3 nitrogen and oxygen atoms in total. The van der Waals surface area contributed by atoms with Gasteiger partial charge >= 0.3 is 0 Å². The van der Waals surface area contributed by atoms with Gasteiger partial charge in [0.15, 0.2) is 0 Å². The van der Waals surface area contributed by atoms with E-state index in [0.29, 0.717) is 19.7 Å². The Morgan fingerprint density at radius 1 is 1.45 bits per heavy atom. The maximum absolute atomic E-state index is 13.2. The van der Waals surface area contributed by atoms with Gasteiger partial charge in [-0.15, -0.1) is 0 Å². The Balaban J connectivity index is 2.14. The number of amides is 1. The first-order chi connectivity index (χ1) is 9.29. The van der Waals surface area contributed by atoms with Gasteiger partial charge in [-0.3, -0.25) is 4.79 Å². The molecule has 0 unspecified atom stereocenters. The number of benzene rings is 1. The van der Waals surface area contributed by atoms with E-state index in [2.05, 4.69) is 0 Å². The van der Waals surface area contributed by atoms with Crippen molar-refractivity contribution in [1.29, 1.82) is 0 Å². The van der Waals surface area contributed by atoms with Gasteiger partial charge in [-0.25, -0.2) is 4.39 Å². The molecule has 0 radical (unpaired) electrons. The highest BCUT2D eigenvalue weighted by Crippen LogP contribution is 2.28. The summed E-state index contributed by atoms with van der Waals surface area (Å²) in [6, 6.07) is 4.54. The Kier molecular flexibility index (Phi) is 4.35. The fourth-order valence-electron chi connectivity index (χ4n) is 2.22. The summed E-state index contributed by atoms with van der Waals surface area (Å²) in [5.74, 6) is -0.354.